The first-order valence-electron chi connectivity index (χ1n) is 18.1. The molecule has 1 aliphatic rings. The summed E-state index contributed by atoms with van der Waals surface area (Å²) in [5.41, 5.74) is 3.74. The molecule has 0 saturated carbocycles. The number of unbranched alkanes of at least 4 members (excludes halogenated alkanes) is 4. The van der Waals surface area contributed by atoms with Crippen molar-refractivity contribution < 1.29 is 14.3 Å². The fourth-order valence-electron chi connectivity index (χ4n) is 6.17. The number of nitrogens with zero attached hydrogens (tertiary/aromatic N) is 3. The Morgan fingerprint density at radius 3 is 2.26 bits per heavy atom. The molecule has 0 aliphatic carbocycles. The van der Waals surface area contributed by atoms with Crippen LogP contribution in [-0.4, -0.2) is 65.5 Å². The van der Waals surface area contributed by atoms with E-state index in [0.717, 1.165) is 65.3 Å². The number of nitrogens with one attached hydrogen (secondary N) is 2. The minimum Gasteiger partial charge on any atom is -0.494 e. The van der Waals surface area contributed by atoms with E-state index in [1.807, 2.05) is 73.1 Å². The summed E-state index contributed by atoms with van der Waals surface area (Å²) in [5, 5.41) is 6.16. The van der Waals surface area contributed by atoms with Gasteiger partial charge in [0.15, 0.2) is 5.82 Å². The summed E-state index contributed by atoms with van der Waals surface area (Å²) in [6.07, 6.45) is 12.3. The smallest absolute Gasteiger partial charge is 0.262 e. The SMILES string of the molecule is CCCCCCCOc1ccc(-c2cnc(-c3ccc(C[C@H](NC(=O)c4ccc(C(C)(C)C)s4)C(=O)NC[C@H]4CCCN4C)cc3)nc2)cc1. The molecule has 1 fully saturated rings. The summed E-state index contributed by atoms with van der Waals surface area (Å²) in [6, 6.07) is 19.4. The van der Waals surface area contributed by atoms with Crippen molar-refractivity contribution in [3.05, 3.63) is 88.4 Å². The molecule has 2 aromatic heterocycles. The van der Waals surface area contributed by atoms with Gasteiger partial charge in [-0.1, -0.05) is 89.8 Å². The predicted octanol–water partition coefficient (Wildman–Crippen LogP) is 8.07. The molecule has 0 bridgehead atoms. The number of aromatic nitrogens is 2. The topological polar surface area (TPSA) is 96.4 Å². The Kier molecular flexibility index (Phi) is 13.2. The highest BCUT2D eigenvalue weighted by Gasteiger charge is 2.27. The first kappa shape index (κ1) is 37.2. The van der Waals surface area contributed by atoms with Gasteiger partial charge >= 0.3 is 0 Å². The van der Waals surface area contributed by atoms with Gasteiger partial charge in [0.25, 0.3) is 5.91 Å². The first-order chi connectivity index (χ1) is 24.1. The number of carbonyl (C=O) groups excluding carboxylic acids is 2. The number of likely N-dealkylation sites (tertiary alicyclic amines) is 1. The van der Waals surface area contributed by atoms with Gasteiger partial charge in [0.05, 0.1) is 11.5 Å². The van der Waals surface area contributed by atoms with Crippen LogP contribution in [0.25, 0.3) is 22.5 Å². The average Bonchev–Trinajstić information content (AvgIpc) is 3.79. The van der Waals surface area contributed by atoms with Gasteiger partial charge in [-0.25, -0.2) is 9.97 Å². The number of carbonyl (C=O) groups is 2. The number of ether oxygens (including phenoxy) is 1. The van der Waals surface area contributed by atoms with Crippen molar-refractivity contribution in [1.29, 1.82) is 0 Å². The van der Waals surface area contributed by atoms with Crippen molar-refractivity contribution >= 4 is 23.2 Å². The van der Waals surface area contributed by atoms with E-state index < -0.39 is 6.04 Å². The fraction of sp³-hybridized carbons (Fsp3) is 0.463. The Balaban J connectivity index is 1.21. The van der Waals surface area contributed by atoms with Gasteiger partial charge in [0, 0.05) is 47.4 Å². The fourth-order valence-corrected chi connectivity index (χ4v) is 7.14. The van der Waals surface area contributed by atoms with E-state index >= 15 is 0 Å². The lowest BCUT2D eigenvalue weighted by Crippen LogP contribution is -2.50. The quantitative estimate of drug-likeness (QED) is 0.115. The highest BCUT2D eigenvalue weighted by Crippen LogP contribution is 2.30. The van der Waals surface area contributed by atoms with Crippen LogP contribution in [0.2, 0.25) is 0 Å². The van der Waals surface area contributed by atoms with E-state index in [-0.39, 0.29) is 17.2 Å². The van der Waals surface area contributed by atoms with E-state index in [4.69, 9.17) is 4.74 Å². The van der Waals surface area contributed by atoms with Crippen LogP contribution in [0, 0.1) is 0 Å². The summed E-state index contributed by atoms with van der Waals surface area (Å²) in [5.74, 6) is 1.10. The molecule has 1 saturated heterocycles. The molecule has 3 heterocycles. The number of amides is 2. The Labute approximate surface area is 302 Å². The molecular formula is C41H53N5O3S. The molecule has 8 nitrogen and oxygen atoms in total. The van der Waals surface area contributed by atoms with Crippen molar-refractivity contribution in [3.8, 4) is 28.3 Å². The maximum absolute atomic E-state index is 13.5. The highest BCUT2D eigenvalue weighted by atomic mass is 32.1. The largest absolute Gasteiger partial charge is 0.494 e. The lowest BCUT2D eigenvalue weighted by molar-refractivity contribution is -0.123. The summed E-state index contributed by atoms with van der Waals surface area (Å²) in [6.45, 7) is 11.0. The summed E-state index contributed by atoms with van der Waals surface area (Å²) >= 11 is 1.48. The normalized spacial score (nSPS) is 15.5. The van der Waals surface area contributed by atoms with Gasteiger partial charge in [-0.05, 0) is 73.7 Å². The third-order valence-electron chi connectivity index (χ3n) is 9.38. The van der Waals surface area contributed by atoms with E-state index in [1.54, 1.807) is 0 Å². The second-order valence-electron chi connectivity index (χ2n) is 14.4. The minimum atomic E-state index is -0.710. The Morgan fingerprint density at radius 1 is 0.920 bits per heavy atom. The average molecular weight is 696 g/mol. The van der Waals surface area contributed by atoms with Crippen LogP contribution in [0.3, 0.4) is 0 Å². The Hall–Kier alpha value is -4.08. The molecule has 1 aliphatic heterocycles. The second-order valence-corrected chi connectivity index (χ2v) is 15.5. The minimum absolute atomic E-state index is 0.0488. The highest BCUT2D eigenvalue weighted by molar-refractivity contribution is 7.14. The van der Waals surface area contributed by atoms with Crippen molar-refractivity contribution in [2.75, 3.05) is 26.7 Å². The van der Waals surface area contributed by atoms with Gasteiger partial charge in [0.1, 0.15) is 11.8 Å². The van der Waals surface area contributed by atoms with Crippen LogP contribution in [-0.2, 0) is 16.6 Å². The summed E-state index contributed by atoms with van der Waals surface area (Å²) < 4.78 is 5.91. The van der Waals surface area contributed by atoms with Crippen molar-refractivity contribution in [3.63, 3.8) is 0 Å². The van der Waals surface area contributed by atoms with Gasteiger partial charge in [-0.15, -0.1) is 11.3 Å². The molecule has 0 radical (unpaired) electrons. The van der Waals surface area contributed by atoms with Crippen LogP contribution in [0.15, 0.2) is 73.1 Å². The molecule has 50 heavy (non-hydrogen) atoms. The van der Waals surface area contributed by atoms with Gasteiger partial charge in [0.2, 0.25) is 5.91 Å². The number of thiophene rings is 1. The Morgan fingerprint density at radius 2 is 1.62 bits per heavy atom. The lowest BCUT2D eigenvalue weighted by Gasteiger charge is -2.23. The van der Waals surface area contributed by atoms with E-state index in [2.05, 4.69) is 60.2 Å². The number of likely N-dealkylation sites (N-methyl/N-ethyl adjacent to an activating group) is 1. The van der Waals surface area contributed by atoms with Crippen molar-refractivity contribution in [2.45, 2.75) is 96.6 Å². The molecular weight excluding hydrogens is 643 g/mol. The second kappa shape index (κ2) is 17.7. The number of benzene rings is 2. The lowest BCUT2D eigenvalue weighted by atomic mass is 9.95. The van der Waals surface area contributed by atoms with E-state index in [1.165, 1.54) is 37.0 Å². The first-order valence-corrected chi connectivity index (χ1v) is 19.0. The molecule has 266 valence electrons. The molecule has 0 spiro atoms. The van der Waals surface area contributed by atoms with Crippen molar-refractivity contribution in [2.24, 2.45) is 0 Å². The molecule has 2 atom stereocenters. The molecule has 2 amide bonds. The maximum atomic E-state index is 13.5. The predicted molar refractivity (Wildman–Crippen MR) is 204 cm³/mol. The van der Waals surface area contributed by atoms with Crippen molar-refractivity contribution in [1.82, 2.24) is 25.5 Å². The molecule has 2 aromatic carbocycles. The van der Waals surface area contributed by atoms with Crippen LogP contribution in [0.5, 0.6) is 5.75 Å². The Bertz CT molecular complexity index is 1660. The molecule has 9 heteroatoms. The molecule has 5 rings (SSSR count). The molecule has 2 N–H and O–H groups in total. The van der Waals surface area contributed by atoms with Crippen LogP contribution < -0.4 is 15.4 Å². The van der Waals surface area contributed by atoms with Crippen LogP contribution >= 0.6 is 11.3 Å². The van der Waals surface area contributed by atoms with Gasteiger partial charge in [-0.3, -0.25) is 9.59 Å². The van der Waals surface area contributed by atoms with Gasteiger partial charge in [-0.2, -0.15) is 0 Å². The van der Waals surface area contributed by atoms with E-state index in [9.17, 15) is 9.59 Å². The summed E-state index contributed by atoms with van der Waals surface area (Å²) in [7, 11) is 2.09. The number of hydrogen-bond acceptors (Lipinski definition) is 7. The van der Waals surface area contributed by atoms with E-state index in [0.29, 0.717) is 29.7 Å². The van der Waals surface area contributed by atoms with Gasteiger partial charge < -0.3 is 20.3 Å². The molecule has 4 aromatic rings. The molecule has 0 unspecified atom stereocenters. The zero-order chi connectivity index (χ0) is 35.5. The van der Waals surface area contributed by atoms with Crippen LogP contribution in [0.4, 0.5) is 0 Å². The van der Waals surface area contributed by atoms with Crippen LogP contribution in [0.1, 0.15) is 92.8 Å². The zero-order valence-electron chi connectivity index (χ0n) is 30.3. The monoisotopic (exact) mass is 695 g/mol. The number of hydrogen-bond donors (Lipinski definition) is 2. The third-order valence-corrected chi connectivity index (χ3v) is 10.9. The maximum Gasteiger partial charge on any atom is 0.262 e. The number of rotatable bonds is 16. The third kappa shape index (κ3) is 10.5. The standard InChI is InChI=1S/C41H53N5O3S/c1-6-7-8-9-10-24-49-34-19-17-30(18-20-34)32-26-42-38(43-27-32)31-15-13-29(14-16-31)25-35(39(47)44-28-33-12-11-23-46(33)5)45-40(48)36-21-22-37(50-36)41(2,3)4/h13-22,26-27,33,35H,6-12,23-25,28H2,1-5H3,(H,44,47)(H,45,48)/t33-,35+/m1/s1. The summed E-state index contributed by atoms with van der Waals surface area (Å²) in [4.78, 5) is 40.2. The zero-order valence-corrected chi connectivity index (χ0v) is 31.2.